The monoisotopic (exact) mass is 235 g/mol. The fraction of sp³-hybridized carbons (Fsp3) is 1.00. The van der Waals surface area contributed by atoms with E-state index >= 15 is 0 Å². The first-order chi connectivity index (χ1) is 8.16. The zero-order valence-electron chi connectivity index (χ0n) is 11.4. The van der Waals surface area contributed by atoms with E-state index in [-0.39, 0.29) is 5.31 Å². The molecular weight excluding hydrogens is 209 g/mol. The van der Waals surface area contributed by atoms with Crippen LogP contribution >= 0.6 is 0 Å². The molecule has 0 aromatic rings. The van der Waals surface area contributed by atoms with Crippen molar-refractivity contribution < 1.29 is 4.32 Å². The lowest BCUT2D eigenvalue weighted by atomic mass is 9.61. The zero-order valence-corrected chi connectivity index (χ0v) is 11.4. The molecule has 17 heavy (non-hydrogen) atoms. The van der Waals surface area contributed by atoms with Crippen molar-refractivity contribution in [2.75, 3.05) is 0 Å². The molecule has 0 N–H and O–H groups in total. The molecular formula is C14H26B2F. The summed E-state index contributed by atoms with van der Waals surface area (Å²) in [4.78, 5) is 0. The van der Waals surface area contributed by atoms with Crippen molar-refractivity contribution in [1.82, 2.24) is 0 Å². The quantitative estimate of drug-likeness (QED) is 0.560. The van der Waals surface area contributed by atoms with Gasteiger partial charge < -0.3 is 4.32 Å². The van der Waals surface area contributed by atoms with Gasteiger partial charge in [0.05, 0.1) is 7.85 Å². The lowest BCUT2D eigenvalue weighted by Crippen LogP contribution is -2.14. The molecule has 0 saturated heterocycles. The van der Waals surface area contributed by atoms with E-state index in [1.165, 1.54) is 38.5 Å². The molecule has 0 spiro atoms. The molecule has 0 aromatic heterocycles. The van der Waals surface area contributed by atoms with E-state index < -0.39 is 0 Å². The molecule has 0 amide bonds. The van der Waals surface area contributed by atoms with Gasteiger partial charge in [0, 0.05) is 0 Å². The minimum Gasteiger partial charge on any atom is -0.342 e. The molecule has 0 aliphatic heterocycles. The zero-order chi connectivity index (χ0) is 12.6. The van der Waals surface area contributed by atoms with Crippen molar-refractivity contribution in [1.29, 1.82) is 0 Å². The minimum atomic E-state index is -0.182. The number of hydrogen-bond donors (Lipinski definition) is 0. The summed E-state index contributed by atoms with van der Waals surface area (Å²) in [6.45, 7) is 2.06. The van der Waals surface area contributed by atoms with E-state index in [0.29, 0.717) is 5.82 Å². The topological polar surface area (TPSA) is 0 Å². The molecule has 2 atom stereocenters. The molecule has 1 fully saturated rings. The molecule has 3 heteroatoms. The Morgan fingerprint density at radius 3 is 2.06 bits per heavy atom. The van der Waals surface area contributed by atoms with Gasteiger partial charge >= 0.3 is 7.56 Å². The SMILES string of the molecule is [B]C1CCCCCCCC(C)([B]F)CCCC1. The summed E-state index contributed by atoms with van der Waals surface area (Å²) in [5, 5.41) is -0.182. The second-order valence-corrected chi connectivity index (χ2v) is 6.08. The summed E-state index contributed by atoms with van der Waals surface area (Å²) in [5.41, 5.74) is 0. The standard InChI is InChI=1S/C14H26B2F/c1-14(16-17)11-7-4-2-3-5-9-13(15)10-6-8-12-14/h13H,2-12H2,1H3. The molecule has 1 aliphatic rings. The molecule has 0 nitrogen and oxygen atoms in total. The molecule has 95 valence electrons. The second-order valence-electron chi connectivity index (χ2n) is 6.08. The Kier molecular flexibility index (Phi) is 7.30. The first kappa shape index (κ1) is 15.1. The van der Waals surface area contributed by atoms with E-state index in [2.05, 4.69) is 6.92 Å². The van der Waals surface area contributed by atoms with Gasteiger partial charge in [-0.15, -0.1) is 0 Å². The number of halogens is 1. The first-order valence-electron chi connectivity index (χ1n) is 7.36. The van der Waals surface area contributed by atoms with E-state index in [4.69, 9.17) is 7.85 Å². The average Bonchev–Trinajstić information content (AvgIpc) is 2.34. The Labute approximate surface area is 109 Å². The van der Waals surface area contributed by atoms with Crippen LogP contribution in [-0.2, 0) is 0 Å². The lowest BCUT2D eigenvalue weighted by molar-refractivity contribution is 0.438. The smallest absolute Gasteiger partial charge is 0.342 e. The predicted molar refractivity (Wildman–Crippen MR) is 75.5 cm³/mol. The van der Waals surface area contributed by atoms with Gasteiger partial charge in [-0.3, -0.25) is 0 Å². The van der Waals surface area contributed by atoms with Crippen LogP contribution in [-0.4, -0.2) is 15.4 Å². The van der Waals surface area contributed by atoms with Crippen LogP contribution in [0.25, 0.3) is 0 Å². The van der Waals surface area contributed by atoms with Crippen LogP contribution in [0.3, 0.4) is 0 Å². The summed E-state index contributed by atoms with van der Waals surface area (Å²) in [6, 6.07) is 0. The summed E-state index contributed by atoms with van der Waals surface area (Å²) < 4.78 is 13.0. The van der Waals surface area contributed by atoms with Gasteiger partial charge in [0.2, 0.25) is 0 Å². The Hall–Kier alpha value is 0.0599. The first-order valence-corrected chi connectivity index (χ1v) is 7.36. The predicted octanol–water partition coefficient (Wildman–Crippen LogP) is 5.02. The largest absolute Gasteiger partial charge is 0.360 e. The van der Waals surface area contributed by atoms with Crippen LogP contribution in [0.5, 0.6) is 0 Å². The Bertz CT molecular complexity index is 199. The van der Waals surface area contributed by atoms with Gasteiger partial charge in [0.25, 0.3) is 0 Å². The van der Waals surface area contributed by atoms with Gasteiger partial charge in [-0.25, -0.2) is 0 Å². The maximum atomic E-state index is 13.0. The van der Waals surface area contributed by atoms with E-state index in [9.17, 15) is 4.32 Å². The fourth-order valence-corrected chi connectivity index (χ4v) is 2.78. The highest BCUT2D eigenvalue weighted by molar-refractivity contribution is 6.31. The molecule has 3 radical (unpaired) electrons. The Morgan fingerprint density at radius 1 is 0.941 bits per heavy atom. The van der Waals surface area contributed by atoms with Gasteiger partial charge in [-0.1, -0.05) is 83.4 Å². The normalized spacial score (nSPS) is 34.1. The van der Waals surface area contributed by atoms with Gasteiger partial charge in [0.15, 0.2) is 0 Å². The Morgan fingerprint density at radius 2 is 1.41 bits per heavy atom. The molecule has 1 saturated carbocycles. The molecule has 1 aliphatic carbocycles. The number of hydrogen-bond acceptors (Lipinski definition) is 0. The maximum absolute atomic E-state index is 13.0. The van der Waals surface area contributed by atoms with Crippen molar-refractivity contribution in [3.8, 4) is 0 Å². The van der Waals surface area contributed by atoms with Crippen LogP contribution in [0.2, 0.25) is 11.1 Å². The lowest BCUT2D eigenvalue weighted by Gasteiger charge is -2.25. The third kappa shape index (κ3) is 6.52. The van der Waals surface area contributed by atoms with E-state index in [0.717, 1.165) is 39.7 Å². The van der Waals surface area contributed by atoms with Crippen molar-refractivity contribution in [3.63, 3.8) is 0 Å². The van der Waals surface area contributed by atoms with Crippen LogP contribution in [0.15, 0.2) is 0 Å². The van der Waals surface area contributed by atoms with Gasteiger partial charge in [0.1, 0.15) is 0 Å². The molecule has 0 aromatic carbocycles. The highest BCUT2D eigenvalue weighted by Crippen LogP contribution is 2.38. The third-order valence-electron chi connectivity index (χ3n) is 4.16. The van der Waals surface area contributed by atoms with Gasteiger partial charge in [-0.05, 0) is 5.31 Å². The summed E-state index contributed by atoms with van der Waals surface area (Å²) >= 11 is 0. The minimum absolute atomic E-state index is 0.182. The van der Waals surface area contributed by atoms with Crippen LogP contribution < -0.4 is 0 Å². The fourth-order valence-electron chi connectivity index (χ4n) is 2.78. The highest BCUT2D eigenvalue weighted by atomic mass is 19.1. The Balaban J connectivity index is 2.39. The van der Waals surface area contributed by atoms with E-state index in [1.54, 1.807) is 0 Å². The van der Waals surface area contributed by atoms with Gasteiger partial charge in [-0.2, -0.15) is 0 Å². The summed E-state index contributed by atoms with van der Waals surface area (Å²) in [5.74, 6) is 0.372. The van der Waals surface area contributed by atoms with Crippen molar-refractivity contribution in [3.05, 3.63) is 0 Å². The summed E-state index contributed by atoms with van der Waals surface area (Å²) in [7, 11) is 7.01. The highest BCUT2D eigenvalue weighted by Gasteiger charge is 2.25. The van der Waals surface area contributed by atoms with Crippen molar-refractivity contribution in [2.45, 2.75) is 88.7 Å². The maximum Gasteiger partial charge on any atom is 0.360 e. The summed E-state index contributed by atoms with van der Waals surface area (Å²) in [6.07, 6.45) is 12.8. The molecule has 0 bridgehead atoms. The van der Waals surface area contributed by atoms with Crippen LogP contribution in [0, 0.1) is 0 Å². The van der Waals surface area contributed by atoms with E-state index in [1.807, 2.05) is 0 Å². The third-order valence-corrected chi connectivity index (χ3v) is 4.16. The van der Waals surface area contributed by atoms with Crippen LogP contribution in [0.4, 0.5) is 4.32 Å². The molecule has 0 heterocycles. The van der Waals surface area contributed by atoms with Crippen molar-refractivity contribution in [2.24, 2.45) is 0 Å². The molecule has 2 unspecified atom stereocenters. The molecule has 1 rings (SSSR count). The second kappa shape index (κ2) is 8.21. The number of rotatable bonds is 1. The average molecular weight is 235 g/mol. The van der Waals surface area contributed by atoms with Crippen molar-refractivity contribution >= 4 is 15.4 Å². The van der Waals surface area contributed by atoms with Crippen LogP contribution in [0.1, 0.15) is 77.6 Å².